The molecule has 2 heterocycles. The highest BCUT2D eigenvalue weighted by molar-refractivity contribution is 5.89. The van der Waals surface area contributed by atoms with Gasteiger partial charge in [0.25, 0.3) is 5.91 Å². The molecule has 0 aromatic rings. The van der Waals surface area contributed by atoms with Crippen LogP contribution in [0.3, 0.4) is 0 Å². The van der Waals surface area contributed by atoms with Gasteiger partial charge >= 0.3 is 0 Å². The molecule has 1 saturated heterocycles. The van der Waals surface area contributed by atoms with E-state index in [1.54, 1.807) is 0 Å². The van der Waals surface area contributed by atoms with E-state index in [1.807, 2.05) is 0 Å². The maximum absolute atomic E-state index is 13.2. The Morgan fingerprint density at radius 1 is 1.71 bits per heavy atom. The molecule has 21 heavy (non-hydrogen) atoms. The minimum Gasteiger partial charge on any atom is -0.393 e. The van der Waals surface area contributed by atoms with Gasteiger partial charge in [-0.3, -0.25) is 4.79 Å². The third kappa shape index (κ3) is 2.45. The van der Waals surface area contributed by atoms with Crippen LogP contribution < -0.4 is 5.32 Å². The lowest BCUT2D eigenvalue weighted by atomic mass is 9.96. The van der Waals surface area contributed by atoms with Crippen molar-refractivity contribution in [2.45, 2.75) is 24.0 Å². The number of halogens is 1. The van der Waals surface area contributed by atoms with E-state index in [9.17, 15) is 19.4 Å². The van der Waals surface area contributed by atoms with Crippen molar-refractivity contribution >= 4 is 5.91 Å². The van der Waals surface area contributed by atoms with E-state index >= 15 is 0 Å². The Labute approximate surface area is 118 Å². The molecule has 2 aliphatic rings. The highest BCUT2D eigenvalue weighted by Gasteiger charge is 2.56. The van der Waals surface area contributed by atoms with Crippen molar-refractivity contribution in [3.8, 4) is 0 Å². The molecule has 0 aromatic heterocycles. The van der Waals surface area contributed by atoms with Crippen LogP contribution in [0, 0.1) is 0 Å². The SMILES string of the molecule is C=C1NC(=O)C=CN1[C@@H]1O[C@@](CO)(CF)[C@@H](O)[C@@H]1N=[N+]=[N-]. The Hall–Kier alpha value is -2.13. The van der Waals surface area contributed by atoms with E-state index in [0.717, 1.165) is 0 Å². The molecule has 3 N–H and O–H groups in total. The van der Waals surface area contributed by atoms with Gasteiger partial charge in [-0.1, -0.05) is 11.7 Å². The van der Waals surface area contributed by atoms with Gasteiger partial charge in [0.1, 0.15) is 36.5 Å². The van der Waals surface area contributed by atoms with E-state index < -0.39 is 43.2 Å². The zero-order valence-corrected chi connectivity index (χ0v) is 10.9. The number of ether oxygens (including phenoxy) is 1. The van der Waals surface area contributed by atoms with Crippen LogP contribution in [-0.2, 0) is 9.53 Å². The number of carbonyl (C=O) groups is 1. The number of azide groups is 1. The highest BCUT2D eigenvalue weighted by atomic mass is 19.1. The number of rotatable bonds is 4. The normalized spacial score (nSPS) is 35.6. The van der Waals surface area contributed by atoms with Gasteiger partial charge in [-0.05, 0) is 5.53 Å². The summed E-state index contributed by atoms with van der Waals surface area (Å²) in [7, 11) is 0. The number of alkyl halides is 1. The van der Waals surface area contributed by atoms with Gasteiger partial charge in [-0.15, -0.1) is 0 Å². The second-order valence-corrected chi connectivity index (χ2v) is 4.66. The van der Waals surface area contributed by atoms with Gasteiger partial charge < -0.3 is 25.2 Å². The standard InChI is InChI=1S/C11H14FN5O4/c1-6-14-7(19)2-3-17(6)10-8(15-16-13)9(20)11(4-12,5-18)21-10/h2-3,8-10,18,20H,1,4-5H2,(H,14,19)/t8-,9-,10+,11+/m0/s1. The maximum atomic E-state index is 13.2. The zero-order valence-electron chi connectivity index (χ0n) is 10.9. The second-order valence-electron chi connectivity index (χ2n) is 4.66. The largest absolute Gasteiger partial charge is 0.393 e. The lowest BCUT2D eigenvalue weighted by Crippen LogP contribution is -2.47. The Balaban J connectivity index is 2.37. The van der Waals surface area contributed by atoms with Gasteiger partial charge in [0.2, 0.25) is 0 Å². The molecule has 2 rings (SSSR count). The summed E-state index contributed by atoms with van der Waals surface area (Å²) in [6.45, 7) is 1.63. The molecule has 4 atom stereocenters. The summed E-state index contributed by atoms with van der Waals surface area (Å²) >= 11 is 0. The lowest BCUT2D eigenvalue weighted by Gasteiger charge is -2.33. The van der Waals surface area contributed by atoms with Crippen LogP contribution >= 0.6 is 0 Å². The predicted molar refractivity (Wildman–Crippen MR) is 67.9 cm³/mol. The molecule has 10 heteroatoms. The predicted octanol–water partition coefficient (Wildman–Crippen LogP) is -0.500. The van der Waals surface area contributed by atoms with Gasteiger partial charge in [-0.2, -0.15) is 0 Å². The fourth-order valence-corrected chi connectivity index (χ4v) is 2.26. The van der Waals surface area contributed by atoms with Crippen molar-refractivity contribution in [1.29, 1.82) is 0 Å². The van der Waals surface area contributed by atoms with Crippen LogP contribution in [-0.4, -0.2) is 58.3 Å². The fourth-order valence-electron chi connectivity index (χ4n) is 2.26. The first kappa shape index (κ1) is 15.3. The first-order valence-corrected chi connectivity index (χ1v) is 6.02. The summed E-state index contributed by atoms with van der Waals surface area (Å²) < 4.78 is 18.6. The van der Waals surface area contributed by atoms with Crippen LogP contribution in [0.2, 0.25) is 0 Å². The first-order chi connectivity index (χ1) is 9.99. The summed E-state index contributed by atoms with van der Waals surface area (Å²) in [5, 5.41) is 25.2. The number of nitrogens with one attached hydrogen (secondary N) is 1. The van der Waals surface area contributed by atoms with Crippen molar-refractivity contribution < 1.29 is 24.1 Å². The van der Waals surface area contributed by atoms with Crippen molar-refractivity contribution in [3.63, 3.8) is 0 Å². The molecule has 114 valence electrons. The number of hydrogen-bond acceptors (Lipinski definition) is 6. The number of nitrogens with zero attached hydrogens (tertiary/aromatic N) is 4. The van der Waals surface area contributed by atoms with E-state index in [4.69, 9.17) is 10.3 Å². The number of aliphatic hydroxyl groups excluding tert-OH is 2. The van der Waals surface area contributed by atoms with Gasteiger partial charge in [0, 0.05) is 17.2 Å². The highest BCUT2D eigenvalue weighted by Crippen LogP contribution is 2.36. The minimum absolute atomic E-state index is 0.116. The van der Waals surface area contributed by atoms with E-state index in [-0.39, 0.29) is 5.82 Å². The Morgan fingerprint density at radius 3 is 2.95 bits per heavy atom. The molecule has 0 radical (unpaired) electrons. The zero-order chi connectivity index (χ0) is 15.6. The summed E-state index contributed by atoms with van der Waals surface area (Å²) in [4.78, 5) is 15.1. The maximum Gasteiger partial charge on any atom is 0.250 e. The molecule has 0 unspecified atom stereocenters. The molecular weight excluding hydrogens is 285 g/mol. The number of aliphatic hydroxyl groups is 2. The molecule has 2 aliphatic heterocycles. The topological polar surface area (TPSA) is 131 Å². The van der Waals surface area contributed by atoms with Crippen LogP contribution in [0.15, 0.2) is 29.8 Å². The Bertz CT molecular complexity index is 529. The van der Waals surface area contributed by atoms with Crippen LogP contribution in [0.4, 0.5) is 4.39 Å². The molecule has 0 spiro atoms. The molecule has 0 saturated carbocycles. The minimum atomic E-state index is -1.89. The Morgan fingerprint density at radius 2 is 2.43 bits per heavy atom. The van der Waals surface area contributed by atoms with Crippen molar-refractivity contribution in [2.24, 2.45) is 5.11 Å². The van der Waals surface area contributed by atoms with Crippen LogP contribution in [0.5, 0.6) is 0 Å². The lowest BCUT2D eigenvalue weighted by molar-refractivity contribution is -0.144. The second kappa shape index (κ2) is 5.70. The summed E-state index contributed by atoms with van der Waals surface area (Å²) in [6, 6.07) is -1.19. The molecule has 1 amide bonds. The first-order valence-electron chi connectivity index (χ1n) is 6.02. The van der Waals surface area contributed by atoms with Crippen molar-refractivity contribution in [1.82, 2.24) is 10.2 Å². The molecule has 0 bridgehead atoms. The number of carbonyl (C=O) groups excluding carboxylic acids is 1. The molecule has 9 nitrogen and oxygen atoms in total. The fraction of sp³-hybridized carbons (Fsp3) is 0.545. The van der Waals surface area contributed by atoms with E-state index in [0.29, 0.717) is 0 Å². The number of amides is 1. The monoisotopic (exact) mass is 299 g/mol. The molecule has 0 aliphatic carbocycles. The Kier molecular flexibility index (Phi) is 4.14. The third-order valence-corrected chi connectivity index (χ3v) is 3.43. The summed E-state index contributed by atoms with van der Waals surface area (Å²) in [5.74, 6) is -0.292. The third-order valence-electron chi connectivity index (χ3n) is 3.43. The van der Waals surface area contributed by atoms with Crippen molar-refractivity contribution in [2.75, 3.05) is 13.3 Å². The van der Waals surface area contributed by atoms with Gasteiger partial charge in [-0.25, -0.2) is 4.39 Å². The summed E-state index contributed by atoms with van der Waals surface area (Å²) in [6.07, 6.45) is -0.175. The molecule has 1 fully saturated rings. The van der Waals surface area contributed by atoms with Gasteiger partial charge in [0.15, 0.2) is 0 Å². The molecular formula is C11H14FN5O4. The van der Waals surface area contributed by atoms with Crippen molar-refractivity contribution in [3.05, 3.63) is 35.1 Å². The number of hydrogen-bond donors (Lipinski definition) is 3. The van der Waals surface area contributed by atoms with E-state index in [2.05, 4.69) is 21.9 Å². The summed E-state index contributed by atoms with van der Waals surface area (Å²) in [5.41, 5.74) is 6.70. The average Bonchev–Trinajstić information content (AvgIpc) is 2.74. The van der Waals surface area contributed by atoms with Crippen LogP contribution in [0.25, 0.3) is 10.4 Å². The van der Waals surface area contributed by atoms with E-state index in [1.165, 1.54) is 17.2 Å². The smallest absolute Gasteiger partial charge is 0.250 e. The molecule has 0 aromatic carbocycles. The van der Waals surface area contributed by atoms with Gasteiger partial charge in [0.05, 0.1) is 6.61 Å². The van der Waals surface area contributed by atoms with Crippen LogP contribution in [0.1, 0.15) is 0 Å². The average molecular weight is 299 g/mol. The quantitative estimate of drug-likeness (QED) is 0.366.